The average molecular weight is 313 g/mol. The van der Waals surface area contributed by atoms with E-state index >= 15 is 0 Å². The van der Waals surface area contributed by atoms with Crippen LogP contribution in [0.5, 0.6) is 0 Å². The van der Waals surface area contributed by atoms with Crippen LogP contribution in [0.4, 0.5) is 0 Å². The first kappa shape index (κ1) is 17.2. The molecule has 1 aromatic carbocycles. The number of carboxylic acids is 1. The summed E-state index contributed by atoms with van der Waals surface area (Å²) in [6, 6.07) is 5.31. The van der Waals surface area contributed by atoms with E-state index in [4.69, 9.17) is 5.11 Å². The van der Waals surface area contributed by atoms with E-state index in [9.17, 15) is 18.0 Å². The Bertz CT molecular complexity index is 635. The van der Waals surface area contributed by atoms with Gasteiger partial charge in [-0.1, -0.05) is 12.1 Å². The Morgan fingerprint density at radius 2 is 1.71 bits per heavy atom. The third-order valence-corrected chi connectivity index (χ3v) is 5.41. The molecule has 0 spiro atoms. The molecule has 0 aliphatic carbocycles. The average Bonchev–Trinajstić information content (AvgIpc) is 2.47. The van der Waals surface area contributed by atoms with Crippen LogP contribution >= 0.6 is 0 Å². The van der Waals surface area contributed by atoms with Crippen molar-refractivity contribution in [1.29, 1.82) is 0 Å². The van der Waals surface area contributed by atoms with Crippen molar-refractivity contribution >= 4 is 21.7 Å². The fourth-order valence-corrected chi connectivity index (χ4v) is 3.53. The fourth-order valence-electron chi connectivity index (χ4n) is 2.01. The van der Waals surface area contributed by atoms with Crippen molar-refractivity contribution < 1.29 is 23.1 Å². The maximum Gasteiger partial charge on any atom is 0.337 e. The molecule has 1 unspecified atom stereocenters. The summed E-state index contributed by atoms with van der Waals surface area (Å²) in [6.07, 6.45) is 0. The van der Waals surface area contributed by atoms with E-state index in [-0.39, 0.29) is 10.5 Å². The highest BCUT2D eigenvalue weighted by Crippen LogP contribution is 2.22. The second kappa shape index (κ2) is 6.71. The summed E-state index contributed by atoms with van der Waals surface area (Å²) < 4.78 is 25.0. The summed E-state index contributed by atoms with van der Waals surface area (Å²) in [5.74, 6) is -1.86. The Morgan fingerprint density at radius 1 is 1.19 bits per heavy atom. The number of rotatable bonds is 6. The van der Waals surface area contributed by atoms with Gasteiger partial charge in [0.1, 0.15) is 5.25 Å². The summed E-state index contributed by atoms with van der Waals surface area (Å²) >= 11 is 0. The van der Waals surface area contributed by atoms with Crippen molar-refractivity contribution in [2.45, 2.75) is 30.9 Å². The van der Waals surface area contributed by atoms with Crippen LogP contribution < -0.4 is 0 Å². The lowest BCUT2D eigenvalue weighted by atomic mass is 10.2. The molecule has 0 aliphatic heterocycles. The molecule has 0 bridgehead atoms. The topological polar surface area (TPSA) is 91.8 Å². The molecule has 0 saturated heterocycles. The van der Waals surface area contributed by atoms with E-state index < -0.39 is 27.0 Å². The summed E-state index contributed by atoms with van der Waals surface area (Å²) in [6.45, 7) is 5.60. The van der Waals surface area contributed by atoms with Gasteiger partial charge in [0.05, 0.1) is 10.5 Å². The quantitative estimate of drug-likeness (QED) is 0.857. The van der Waals surface area contributed by atoms with E-state index in [2.05, 4.69) is 0 Å². The number of benzene rings is 1. The van der Waals surface area contributed by atoms with Crippen LogP contribution in [0, 0.1) is 0 Å². The third kappa shape index (κ3) is 3.41. The minimum atomic E-state index is -4.05. The summed E-state index contributed by atoms with van der Waals surface area (Å²) in [5.41, 5.74) is -0.323. The molecule has 0 aliphatic rings. The number of hydrogen-bond donors (Lipinski definition) is 1. The summed E-state index contributed by atoms with van der Waals surface area (Å²) in [4.78, 5) is 24.4. The molecule has 0 radical (unpaired) electrons. The summed E-state index contributed by atoms with van der Waals surface area (Å²) in [7, 11) is -4.05. The standard InChI is InChI=1S/C14H19NO5S/c1-4-15(5-2)13(16)10(3)21(19,20)12-9-7-6-8-11(12)14(17)18/h6-10H,4-5H2,1-3H3,(H,17,18). The number of nitrogens with zero attached hydrogens (tertiary/aromatic N) is 1. The number of aromatic carboxylic acids is 1. The van der Waals surface area contributed by atoms with Crippen molar-refractivity contribution in [1.82, 2.24) is 4.90 Å². The maximum absolute atomic E-state index is 12.5. The van der Waals surface area contributed by atoms with Gasteiger partial charge in [0, 0.05) is 13.1 Å². The highest BCUT2D eigenvalue weighted by atomic mass is 32.2. The van der Waals surface area contributed by atoms with Gasteiger partial charge in [-0.2, -0.15) is 0 Å². The molecule has 7 heteroatoms. The maximum atomic E-state index is 12.5. The van der Waals surface area contributed by atoms with Crippen molar-refractivity contribution in [2.75, 3.05) is 13.1 Å². The van der Waals surface area contributed by atoms with Gasteiger partial charge in [-0.15, -0.1) is 0 Å². The zero-order valence-electron chi connectivity index (χ0n) is 12.2. The normalized spacial score (nSPS) is 12.7. The van der Waals surface area contributed by atoms with E-state index in [0.717, 1.165) is 0 Å². The van der Waals surface area contributed by atoms with Crippen LogP contribution in [0.15, 0.2) is 29.2 Å². The van der Waals surface area contributed by atoms with Crippen LogP contribution in [-0.4, -0.2) is 48.6 Å². The first-order valence-corrected chi connectivity index (χ1v) is 8.16. The Morgan fingerprint density at radius 3 is 2.19 bits per heavy atom. The number of carbonyl (C=O) groups excluding carboxylic acids is 1. The smallest absolute Gasteiger partial charge is 0.337 e. The number of hydrogen-bond acceptors (Lipinski definition) is 4. The van der Waals surface area contributed by atoms with Crippen LogP contribution in [-0.2, 0) is 14.6 Å². The van der Waals surface area contributed by atoms with Gasteiger partial charge in [0.25, 0.3) is 0 Å². The van der Waals surface area contributed by atoms with Gasteiger partial charge in [-0.25, -0.2) is 13.2 Å². The molecule has 6 nitrogen and oxygen atoms in total. The van der Waals surface area contributed by atoms with Crippen molar-refractivity contribution in [3.63, 3.8) is 0 Å². The minimum Gasteiger partial charge on any atom is -0.478 e. The Balaban J connectivity index is 3.29. The highest BCUT2D eigenvalue weighted by Gasteiger charge is 2.34. The fraction of sp³-hybridized carbons (Fsp3) is 0.429. The first-order chi connectivity index (χ1) is 9.77. The molecule has 1 rings (SSSR count). The lowest BCUT2D eigenvalue weighted by Crippen LogP contribution is -2.41. The number of carboxylic acid groups (broad SMARTS) is 1. The van der Waals surface area contributed by atoms with Gasteiger partial charge in [0.2, 0.25) is 5.91 Å². The molecule has 21 heavy (non-hydrogen) atoms. The second-order valence-corrected chi connectivity index (χ2v) is 6.74. The van der Waals surface area contributed by atoms with Gasteiger partial charge in [0.15, 0.2) is 9.84 Å². The Labute approximate surface area is 124 Å². The van der Waals surface area contributed by atoms with Crippen molar-refractivity contribution in [2.24, 2.45) is 0 Å². The molecule has 0 fully saturated rings. The minimum absolute atomic E-state index is 0.323. The molecule has 0 heterocycles. The largest absolute Gasteiger partial charge is 0.478 e. The molecule has 1 atom stereocenters. The lowest BCUT2D eigenvalue weighted by Gasteiger charge is -2.23. The molecule has 1 N–H and O–H groups in total. The molecule has 0 aromatic heterocycles. The van der Waals surface area contributed by atoms with Crippen LogP contribution in [0.1, 0.15) is 31.1 Å². The third-order valence-electron chi connectivity index (χ3n) is 3.31. The Hall–Kier alpha value is -1.89. The lowest BCUT2D eigenvalue weighted by molar-refractivity contribution is -0.130. The number of amides is 1. The monoisotopic (exact) mass is 313 g/mol. The van der Waals surface area contributed by atoms with Crippen LogP contribution in [0.3, 0.4) is 0 Å². The summed E-state index contributed by atoms with van der Waals surface area (Å²) in [5, 5.41) is 7.77. The highest BCUT2D eigenvalue weighted by molar-refractivity contribution is 7.92. The van der Waals surface area contributed by atoms with Crippen LogP contribution in [0.25, 0.3) is 0 Å². The predicted molar refractivity (Wildman–Crippen MR) is 78.0 cm³/mol. The van der Waals surface area contributed by atoms with Crippen molar-refractivity contribution in [3.05, 3.63) is 29.8 Å². The number of sulfone groups is 1. The zero-order chi connectivity index (χ0) is 16.2. The SMILES string of the molecule is CCN(CC)C(=O)C(C)S(=O)(=O)c1ccccc1C(=O)O. The zero-order valence-corrected chi connectivity index (χ0v) is 13.1. The van der Waals surface area contributed by atoms with E-state index in [0.29, 0.717) is 13.1 Å². The van der Waals surface area contributed by atoms with Gasteiger partial charge < -0.3 is 10.0 Å². The molecule has 0 saturated carbocycles. The van der Waals surface area contributed by atoms with E-state index in [1.807, 2.05) is 0 Å². The molecule has 116 valence electrons. The van der Waals surface area contributed by atoms with E-state index in [1.54, 1.807) is 13.8 Å². The molecule has 1 aromatic rings. The Kier molecular flexibility index (Phi) is 5.48. The van der Waals surface area contributed by atoms with Gasteiger partial charge in [-0.3, -0.25) is 4.79 Å². The predicted octanol–water partition coefficient (Wildman–Crippen LogP) is 1.42. The molecule has 1 amide bonds. The van der Waals surface area contributed by atoms with Gasteiger partial charge in [-0.05, 0) is 32.9 Å². The number of carbonyl (C=O) groups is 2. The molecular formula is C14H19NO5S. The van der Waals surface area contributed by atoms with Crippen molar-refractivity contribution in [3.8, 4) is 0 Å². The van der Waals surface area contributed by atoms with Crippen LogP contribution in [0.2, 0.25) is 0 Å². The van der Waals surface area contributed by atoms with Gasteiger partial charge >= 0.3 is 5.97 Å². The second-order valence-electron chi connectivity index (χ2n) is 4.50. The first-order valence-electron chi connectivity index (χ1n) is 6.62. The molecular weight excluding hydrogens is 294 g/mol. The van der Waals surface area contributed by atoms with E-state index in [1.165, 1.54) is 36.1 Å².